The maximum atomic E-state index is 5.32. The van der Waals surface area contributed by atoms with Gasteiger partial charge in [0.05, 0.1) is 12.6 Å². The summed E-state index contributed by atoms with van der Waals surface area (Å²) in [5.41, 5.74) is 2.24. The first-order valence-corrected chi connectivity index (χ1v) is 10.7. The number of methoxy groups -OCH3 is 1. The Morgan fingerprint density at radius 1 is 0.967 bits per heavy atom. The molecule has 1 aliphatic carbocycles. The van der Waals surface area contributed by atoms with Crippen molar-refractivity contribution in [3.05, 3.63) is 54.1 Å². The third kappa shape index (κ3) is 4.82. The number of hydrogen-bond donors (Lipinski definition) is 2. The van der Waals surface area contributed by atoms with E-state index in [1.807, 2.05) is 38.4 Å². The lowest BCUT2D eigenvalue weighted by molar-refractivity contribution is 0.352. The van der Waals surface area contributed by atoms with Crippen LogP contribution in [0.25, 0.3) is 10.9 Å². The van der Waals surface area contributed by atoms with Crippen molar-refractivity contribution in [1.29, 1.82) is 0 Å². The summed E-state index contributed by atoms with van der Waals surface area (Å²) in [6, 6.07) is 17.4. The molecule has 0 aliphatic heterocycles. The van der Waals surface area contributed by atoms with Crippen LogP contribution in [0.1, 0.15) is 31.2 Å². The first-order valence-electron chi connectivity index (χ1n) is 10.7. The van der Waals surface area contributed by atoms with E-state index in [2.05, 4.69) is 39.8 Å². The average molecular weight is 406 g/mol. The Hall–Kier alpha value is -2.86. The summed E-state index contributed by atoms with van der Waals surface area (Å²) < 4.78 is 5.32. The van der Waals surface area contributed by atoms with Gasteiger partial charge < -0.3 is 20.3 Å². The SMILES string of the molecule is COc1cccc(CN[C@H]2CC[C@@H](Nc3nc(N(C)C)c4ccccc4n3)CC2)c1. The van der Waals surface area contributed by atoms with Gasteiger partial charge in [0.1, 0.15) is 11.6 Å². The number of nitrogens with one attached hydrogen (secondary N) is 2. The molecule has 0 amide bonds. The van der Waals surface area contributed by atoms with Crippen LogP contribution < -0.4 is 20.3 Å². The van der Waals surface area contributed by atoms with Crippen molar-refractivity contribution < 1.29 is 4.74 Å². The second kappa shape index (κ2) is 9.30. The highest BCUT2D eigenvalue weighted by molar-refractivity contribution is 5.90. The van der Waals surface area contributed by atoms with Gasteiger partial charge in [0.15, 0.2) is 0 Å². The Balaban J connectivity index is 1.33. The van der Waals surface area contributed by atoms with Crippen LogP contribution in [-0.4, -0.2) is 43.3 Å². The average Bonchev–Trinajstić information content (AvgIpc) is 2.78. The van der Waals surface area contributed by atoms with Crippen LogP contribution in [-0.2, 0) is 6.54 Å². The number of hydrogen-bond acceptors (Lipinski definition) is 6. The molecule has 30 heavy (non-hydrogen) atoms. The van der Waals surface area contributed by atoms with Crippen LogP contribution in [0.15, 0.2) is 48.5 Å². The fourth-order valence-corrected chi connectivity index (χ4v) is 4.13. The summed E-state index contributed by atoms with van der Waals surface area (Å²) in [6.45, 7) is 0.875. The van der Waals surface area contributed by atoms with Gasteiger partial charge in [-0.1, -0.05) is 24.3 Å². The van der Waals surface area contributed by atoms with Gasteiger partial charge in [-0.05, 0) is 55.5 Å². The predicted molar refractivity (Wildman–Crippen MR) is 123 cm³/mol. The van der Waals surface area contributed by atoms with E-state index < -0.39 is 0 Å². The van der Waals surface area contributed by atoms with E-state index >= 15 is 0 Å². The highest BCUT2D eigenvalue weighted by atomic mass is 16.5. The monoisotopic (exact) mass is 405 g/mol. The van der Waals surface area contributed by atoms with Crippen molar-refractivity contribution in [1.82, 2.24) is 15.3 Å². The highest BCUT2D eigenvalue weighted by Gasteiger charge is 2.22. The molecule has 0 unspecified atom stereocenters. The molecule has 1 heterocycles. The molecule has 6 heteroatoms. The Labute approximate surface area is 178 Å². The van der Waals surface area contributed by atoms with Crippen molar-refractivity contribution in [3.63, 3.8) is 0 Å². The molecule has 0 atom stereocenters. The van der Waals surface area contributed by atoms with Crippen LogP contribution in [0, 0.1) is 0 Å². The third-order valence-corrected chi connectivity index (χ3v) is 5.80. The number of anilines is 2. The summed E-state index contributed by atoms with van der Waals surface area (Å²) in [5, 5.41) is 8.37. The minimum absolute atomic E-state index is 0.413. The number of benzene rings is 2. The smallest absolute Gasteiger partial charge is 0.225 e. The zero-order chi connectivity index (χ0) is 20.9. The van der Waals surface area contributed by atoms with Gasteiger partial charge in [0.2, 0.25) is 5.95 Å². The van der Waals surface area contributed by atoms with Crippen LogP contribution in [0.4, 0.5) is 11.8 Å². The van der Waals surface area contributed by atoms with Gasteiger partial charge in [-0.15, -0.1) is 0 Å². The molecular formula is C24H31N5O. The highest BCUT2D eigenvalue weighted by Crippen LogP contribution is 2.26. The summed E-state index contributed by atoms with van der Waals surface area (Å²) in [7, 11) is 5.76. The molecule has 2 aromatic carbocycles. The number of nitrogens with zero attached hydrogens (tertiary/aromatic N) is 3. The lowest BCUT2D eigenvalue weighted by atomic mass is 9.91. The van der Waals surface area contributed by atoms with E-state index in [0.717, 1.165) is 60.6 Å². The van der Waals surface area contributed by atoms with Crippen molar-refractivity contribution in [3.8, 4) is 5.75 Å². The fraction of sp³-hybridized carbons (Fsp3) is 0.417. The molecule has 0 bridgehead atoms. The molecule has 3 aromatic rings. The standard InChI is InChI=1S/C24H31N5O/c1-29(2)23-21-9-4-5-10-22(21)27-24(28-23)26-19-13-11-18(12-14-19)25-16-17-7-6-8-20(15-17)30-3/h4-10,15,18-19,25H,11-14,16H2,1-3H3,(H,26,27,28)/t18-,19+. The first kappa shape index (κ1) is 20.4. The largest absolute Gasteiger partial charge is 0.497 e. The van der Waals surface area contributed by atoms with Crippen LogP contribution in [0.2, 0.25) is 0 Å². The van der Waals surface area contributed by atoms with Gasteiger partial charge >= 0.3 is 0 Å². The molecule has 4 rings (SSSR count). The first-order chi connectivity index (χ1) is 14.6. The molecule has 1 fully saturated rings. The molecule has 1 aromatic heterocycles. The molecule has 0 spiro atoms. The second-order valence-corrected chi connectivity index (χ2v) is 8.21. The third-order valence-electron chi connectivity index (χ3n) is 5.80. The maximum absolute atomic E-state index is 5.32. The number of ether oxygens (including phenoxy) is 1. The second-order valence-electron chi connectivity index (χ2n) is 8.21. The quantitative estimate of drug-likeness (QED) is 0.614. The fourth-order valence-electron chi connectivity index (χ4n) is 4.13. The zero-order valence-corrected chi connectivity index (χ0v) is 18.1. The molecule has 1 saturated carbocycles. The van der Waals surface area contributed by atoms with E-state index in [1.54, 1.807) is 7.11 Å². The van der Waals surface area contributed by atoms with Gasteiger partial charge in [0, 0.05) is 38.1 Å². The molecular weight excluding hydrogens is 374 g/mol. The van der Waals surface area contributed by atoms with E-state index in [4.69, 9.17) is 14.7 Å². The minimum atomic E-state index is 0.413. The maximum Gasteiger partial charge on any atom is 0.225 e. The van der Waals surface area contributed by atoms with Gasteiger partial charge in [0.25, 0.3) is 0 Å². The summed E-state index contributed by atoms with van der Waals surface area (Å²) in [6.07, 6.45) is 4.53. The van der Waals surface area contributed by atoms with E-state index in [-0.39, 0.29) is 0 Å². The topological polar surface area (TPSA) is 62.3 Å². The lowest BCUT2D eigenvalue weighted by Gasteiger charge is -2.30. The van der Waals surface area contributed by atoms with Gasteiger partial charge in [-0.3, -0.25) is 0 Å². The molecule has 0 radical (unpaired) electrons. The molecule has 0 saturated heterocycles. The lowest BCUT2D eigenvalue weighted by Crippen LogP contribution is -2.37. The Morgan fingerprint density at radius 2 is 1.73 bits per heavy atom. The van der Waals surface area contributed by atoms with E-state index in [9.17, 15) is 0 Å². The van der Waals surface area contributed by atoms with E-state index in [1.165, 1.54) is 5.56 Å². The normalized spacial score (nSPS) is 18.9. The van der Waals surface area contributed by atoms with Crippen molar-refractivity contribution >= 4 is 22.7 Å². The Morgan fingerprint density at radius 3 is 2.50 bits per heavy atom. The Bertz CT molecular complexity index is 982. The molecule has 158 valence electrons. The number of rotatable bonds is 7. The van der Waals surface area contributed by atoms with Crippen LogP contribution in [0.3, 0.4) is 0 Å². The minimum Gasteiger partial charge on any atom is -0.497 e. The summed E-state index contributed by atoms with van der Waals surface area (Å²) >= 11 is 0. The number of fused-ring (bicyclic) bond motifs is 1. The predicted octanol–water partition coefficient (Wildman–Crippen LogP) is 4.22. The summed E-state index contributed by atoms with van der Waals surface area (Å²) in [4.78, 5) is 11.6. The molecule has 1 aliphatic rings. The van der Waals surface area contributed by atoms with Crippen molar-refractivity contribution in [2.45, 2.75) is 44.3 Å². The van der Waals surface area contributed by atoms with Crippen LogP contribution >= 0.6 is 0 Å². The van der Waals surface area contributed by atoms with Crippen molar-refractivity contribution in [2.24, 2.45) is 0 Å². The summed E-state index contributed by atoms with van der Waals surface area (Å²) in [5.74, 6) is 2.59. The Kier molecular flexibility index (Phi) is 6.33. The van der Waals surface area contributed by atoms with Crippen LogP contribution in [0.5, 0.6) is 5.75 Å². The van der Waals surface area contributed by atoms with Gasteiger partial charge in [-0.2, -0.15) is 4.98 Å². The van der Waals surface area contributed by atoms with E-state index in [0.29, 0.717) is 12.1 Å². The zero-order valence-electron chi connectivity index (χ0n) is 18.1. The van der Waals surface area contributed by atoms with Crippen molar-refractivity contribution in [2.75, 3.05) is 31.4 Å². The molecule has 6 nitrogen and oxygen atoms in total. The molecule has 2 N–H and O–H groups in total. The number of para-hydroxylation sites is 1. The van der Waals surface area contributed by atoms with Gasteiger partial charge in [-0.25, -0.2) is 4.98 Å². The number of aromatic nitrogens is 2.